The molecule has 0 radical (unpaired) electrons. The molecule has 104 valence electrons. The predicted molar refractivity (Wildman–Crippen MR) is 67.0 cm³/mol. The molecule has 0 rings (SSSR count). The standard InChI is InChI=1S/C12H27NO4/c1-4-5-6-13(7-9-16-11-14-2)8-10-17-12-15-3/h4-12H2,1-3H3. The normalized spacial score (nSPS) is 11.3. The van der Waals surface area contributed by atoms with Gasteiger partial charge in [0.05, 0.1) is 13.2 Å². The Bertz CT molecular complexity index is 134. The van der Waals surface area contributed by atoms with Gasteiger partial charge in [0, 0.05) is 27.3 Å². The lowest BCUT2D eigenvalue weighted by Gasteiger charge is -2.21. The molecule has 0 unspecified atom stereocenters. The van der Waals surface area contributed by atoms with Gasteiger partial charge in [-0.3, -0.25) is 4.90 Å². The van der Waals surface area contributed by atoms with Crippen LogP contribution in [-0.2, 0) is 18.9 Å². The Morgan fingerprint density at radius 1 is 0.824 bits per heavy atom. The molecule has 0 N–H and O–H groups in total. The number of rotatable bonds is 13. The molecule has 0 bridgehead atoms. The lowest BCUT2D eigenvalue weighted by molar-refractivity contribution is -0.0486. The van der Waals surface area contributed by atoms with Crippen LogP contribution in [0.2, 0.25) is 0 Å². The van der Waals surface area contributed by atoms with Gasteiger partial charge in [-0.15, -0.1) is 0 Å². The zero-order valence-electron chi connectivity index (χ0n) is 11.4. The highest BCUT2D eigenvalue weighted by atomic mass is 16.7. The van der Waals surface area contributed by atoms with Crippen LogP contribution in [0.4, 0.5) is 0 Å². The van der Waals surface area contributed by atoms with E-state index in [9.17, 15) is 0 Å². The minimum Gasteiger partial charge on any atom is -0.359 e. The molecule has 0 aliphatic heterocycles. The molecule has 0 atom stereocenters. The number of hydrogen-bond acceptors (Lipinski definition) is 5. The molecule has 0 fully saturated rings. The second-order valence-corrected chi connectivity index (χ2v) is 3.82. The monoisotopic (exact) mass is 249 g/mol. The van der Waals surface area contributed by atoms with E-state index in [1.807, 2.05) is 0 Å². The van der Waals surface area contributed by atoms with Crippen molar-refractivity contribution >= 4 is 0 Å². The van der Waals surface area contributed by atoms with Gasteiger partial charge in [-0.05, 0) is 13.0 Å². The van der Waals surface area contributed by atoms with E-state index in [4.69, 9.17) is 18.9 Å². The van der Waals surface area contributed by atoms with E-state index in [0.717, 1.165) is 19.6 Å². The quantitative estimate of drug-likeness (QED) is 0.364. The summed E-state index contributed by atoms with van der Waals surface area (Å²) in [5, 5.41) is 0. The average molecular weight is 249 g/mol. The molecule has 0 saturated heterocycles. The minimum absolute atomic E-state index is 0.363. The van der Waals surface area contributed by atoms with Crippen molar-refractivity contribution in [1.29, 1.82) is 0 Å². The number of methoxy groups -OCH3 is 2. The van der Waals surface area contributed by atoms with E-state index in [1.165, 1.54) is 12.8 Å². The van der Waals surface area contributed by atoms with Gasteiger partial charge in [0.15, 0.2) is 0 Å². The highest BCUT2D eigenvalue weighted by Gasteiger charge is 2.04. The Morgan fingerprint density at radius 3 is 1.76 bits per heavy atom. The fraction of sp³-hybridized carbons (Fsp3) is 1.00. The van der Waals surface area contributed by atoms with Gasteiger partial charge in [0.2, 0.25) is 0 Å². The Hall–Kier alpha value is -0.200. The Morgan fingerprint density at radius 2 is 1.35 bits per heavy atom. The summed E-state index contributed by atoms with van der Waals surface area (Å²) in [6.45, 7) is 7.23. The fourth-order valence-corrected chi connectivity index (χ4v) is 1.39. The van der Waals surface area contributed by atoms with Crippen molar-refractivity contribution in [2.45, 2.75) is 19.8 Å². The van der Waals surface area contributed by atoms with Crippen molar-refractivity contribution in [3.05, 3.63) is 0 Å². The molecule has 0 aliphatic rings. The molecular formula is C12H27NO4. The van der Waals surface area contributed by atoms with Crippen LogP contribution in [0.5, 0.6) is 0 Å². The summed E-state index contributed by atoms with van der Waals surface area (Å²) in [5.41, 5.74) is 0. The first-order chi connectivity index (χ1) is 8.35. The molecule has 0 aromatic heterocycles. The molecule has 0 aromatic carbocycles. The van der Waals surface area contributed by atoms with Crippen LogP contribution in [0.25, 0.3) is 0 Å². The van der Waals surface area contributed by atoms with E-state index in [1.54, 1.807) is 14.2 Å². The van der Waals surface area contributed by atoms with Crippen LogP contribution in [0, 0.1) is 0 Å². The number of unbranched alkanes of at least 4 members (excludes halogenated alkanes) is 1. The molecule has 0 heterocycles. The maximum absolute atomic E-state index is 5.29. The first-order valence-corrected chi connectivity index (χ1v) is 6.20. The highest BCUT2D eigenvalue weighted by Crippen LogP contribution is 1.95. The zero-order valence-corrected chi connectivity index (χ0v) is 11.4. The number of ether oxygens (including phenoxy) is 4. The molecule has 17 heavy (non-hydrogen) atoms. The smallest absolute Gasteiger partial charge is 0.146 e. The summed E-state index contributed by atoms with van der Waals surface area (Å²) in [5.74, 6) is 0. The molecule has 0 amide bonds. The van der Waals surface area contributed by atoms with Crippen LogP contribution in [0.1, 0.15) is 19.8 Å². The summed E-state index contributed by atoms with van der Waals surface area (Å²) in [7, 11) is 3.26. The van der Waals surface area contributed by atoms with Gasteiger partial charge in [0.1, 0.15) is 13.6 Å². The Balaban J connectivity index is 3.56. The molecular weight excluding hydrogens is 222 g/mol. The molecule has 0 aromatic rings. The zero-order chi connectivity index (χ0) is 12.8. The first-order valence-electron chi connectivity index (χ1n) is 6.20. The second kappa shape index (κ2) is 13.9. The molecule has 0 aliphatic carbocycles. The van der Waals surface area contributed by atoms with Crippen LogP contribution >= 0.6 is 0 Å². The van der Waals surface area contributed by atoms with Gasteiger partial charge in [-0.2, -0.15) is 0 Å². The van der Waals surface area contributed by atoms with Crippen molar-refractivity contribution in [2.24, 2.45) is 0 Å². The van der Waals surface area contributed by atoms with Crippen LogP contribution < -0.4 is 0 Å². The molecule has 0 spiro atoms. The number of hydrogen-bond donors (Lipinski definition) is 0. The van der Waals surface area contributed by atoms with Gasteiger partial charge in [-0.1, -0.05) is 13.3 Å². The van der Waals surface area contributed by atoms with E-state index < -0.39 is 0 Å². The largest absolute Gasteiger partial charge is 0.359 e. The van der Waals surface area contributed by atoms with Crippen molar-refractivity contribution < 1.29 is 18.9 Å². The van der Waals surface area contributed by atoms with E-state index >= 15 is 0 Å². The van der Waals surface area contributed by atoms with Gasteiger partial charge >= 0.3 is 0 Å². The van der Waals surface area contributed by atoms with Gasteiger partial charge < -0.3 is 18.9 Å². The summed E-state index contributed by atoms with van der Waals surface area (Å²) in [6.07, 6.45) is 2.41. The second-order valence-electron chi connectivity index (χ2n) is 3.82. The topological polar surface area (TPSA) is 40.2 Å². The first kappa shape index (κ1) is 16.8. The van der Waals surface area contributed by atoms with E-state index in [2.05, 4.69) is 11.8 Å². The summed E-state index contributed by atoms with van der Waals surface area (Å²) in [4.78, 5) is 2.34. The molecule has 5 nitrogen and oxygen atoms in total. The van der Waals surface area contributed by atoms with Gasteiger partial charge in [-0.25, -0.2) is 0 Å². The molecule has 5 heteroatoms. The Kier molecular flexibility index (Phi) is 13.7. The van der Waals surface area contributed by atoms with Crippen LogP contribution in [-0.4, -0.2) is 65.6 Å². The SMILES string of the molecule is CCCCN(CCOCOC)CCOCOC. The third-order valence-corrected chi connectivity index (χ3v) is 2.33. The summed E-state index contributed by atoms with van der Waals surface area (Å²) in [6, 6.07) is 0. The third-order valence-electron chi connectivity index (χ3n) is 2.33. The predicted octanol–water partition coefficient (Wildman–Crippen LogP) is 1.33. The van der Waals surface area contributed by atoms with Gasteiger partial charge in [0.25, 0.3) is 0 Å². The van der Waals surface area contributed by atoms with Crippen molar-refractivity contribution in [3.8, 4) is 0 Å². The van der Waals surface area contributed by atoms with Crippen LogP contribution in [0.3, 0.4) is 0 Å². The highest BCUT2D eigenvalue weighted by molar-refractivity contribution is 4.56. The maximum atomic E-state index is 5.29. The lowest BCUT2D eigenvalue weighted by atomic mass is 10.3. The summed E-state index contributed by atoms with van der Waals surface area (Å²) < 4.78 is 20.3. The van der Waals surface area contributed by atoms with E-state index in [-0.39, 0.29) is 0 Å². The minimum atomic E-state index is 0.363. The number of nitrogens with zero attached hydrogens (tertiary/aromatic N) is 1. The lowest BCUT2D eigenvalue weighted by Crippen LogP contribution is -2.32. The summed E-state index contributed by atoms with van der Waals surface area (Å²) >= 11 is 0. The van der Waals surface area contributed by atoms with Crippen molar-refractivity contribution in [1.82, 2.24) is 4.90 Å². The van der Waals surface area contributed by atoms with Crippen LogP contribution in [0.15, 0.2) is 0 Å². The van der Waals surface area contributed by atoms with Crippen molar-refractivity contribution in [2.75, 3.05) is 60.7 Å². The van der Waals surface area contributed by atoms with Crippen molar-refractivity contribution in [3.63, 3.8) is 0 Å². The molecule has 0 saturated carbocycles. The Labute approximate surface area is 105 Å². The fourth-order valence-electron chi connectivity index (χ4n) is 1.39. The average Bonchev–Trinajstić information content (AvgIpc) is 2.35. The maximum Gasteiger partial charge on any atom is 0.146 e. The van der Waals surface area contributed by atoms with E-state index in [0.29, 0.717) is 26.8 Å². The third kappa shape index (κ3) is 12.1.